The number of amides is 2. The van der Waals surface area contributed by atoms with Gasteiger partial charge in [-0.05, 0) is 42.7 Å². The molecule has 2 amide bonds. The number of hydrogen-bond donors (Lipinski definition) is 2. The zero-order chi connectivity index (χ0) is 17.6. The summed E-state index contributed by atoms with van der Waals surface area (Å²) in [6.07, 6.45) is 2.44. The van der Waals surface area contributed by atoms with E-state index < -0.39 is 0 Å². The van der Waals surface area contributed by atoms with Crippen molar-refractivity contribution < 1.29 is 9.59 Å². The predicted molar refractivity (Wildman–Crippen MR) is 101 cm³/mol. The van der Waals surface area contributed by atoms with E-state index in [4.69, 9.17) is 0 Å². The molecule has 0 spiro atoms. The Kier molecular flexibility index (Phi) is 5.33. The lowest BCUT2D eigenvalue weighted by atomic mass is 10.1. The number of aryl methyl sites for hydroxylation is 1. The first kappa shape index (κ1) is 17.0. The number of para-hydroxylation sites is 2. The van der Waals surface area contributed by atoms with Crippen LogP contribution in [0.15, 0.2) is 48.5 Å². The van der Waals surface area contributed by atoms with E-state index in [1.807, 2.05) is 48.5 Å². The van der Waals surface area contributed by atoms with Crippen LogP contribution in [0.3, 0.4) is 0 Å². The highest BCUT2D eigenvalue weighted by Gasteiger charge is 2.23. The summed E-state index contributed by atoms with van der Waals surface area (Å²) in [5.41, 5.74) is 3.66. The zero-order valence-electron chi connectivity index (χ0n) is 14.4. The van der Waals surface area contributed by atoms with E-state index in [1.165, 1.54) is 5.56 Å². The average Bonchev–Trinajstić information content (AvgIpc) is 3.06. The van der Waals surface area contributed by atoms with Crippen LogP contribution in [0.5, 0.6) is 0 Å². The van der Waals surface area contributed by atoms with Crippen LogP contribution in [0, 0.1) is 0 Å². The molecule has 1 aliphatic rings. The molecular formula is C20H23N3O2. The molecule has 0 bridgehead atoms. The van der Waals surface area contributed by atoms with Gasteiger partial charge in [0.15, 0.2) is 0 Å². The molecule has 0 aromatic heterocycles. The van der Waals surface area contributed by atoms with Gasteiger partial charge in [0.2, 0.25) is 11.8 Å². The third-order valence-electron chi connectivity index (χ3n) is 4.35. The SMILES string of the molecule is CCc1ccc(NC(=O)CNc2ccccc2N2CCCC2=O)cc1. The van der Waals surface area contributed by atoms with Crippen molar-refractivity contribution in [2.45, 2.75) is 26.2 Å². The standard InChI is InChI=1S/C20H23N3O2/c1-2-15-9-11-16(12-10-15)22-19(24)14-21-17-6-3-4-7-18(17)23-13-5-8-20(23)25/h3-4,6-7,9-12,21H,2,5,8,13-14H2,1H3,(H,22,24). The van der Waals surface area contributed by atoms with E-state index in [-0.39, 0.29) is 18.4 Å². The second-order valence-corrected chi connectivity index (χ2v) is 6.12. The van der Waals surface area contributed by atoms with Gasteiger partial charge in [-0.2, -0.15) is 0 Å². The Morgan fingerprint density at radius 1 is 1.12 bits per heavy atom. The summed E-state index contributed by atoms with van der Waals surface area (Å²) in [5.74, 6) is 0.0153. The highest BCUT2D eigenvalue weighted by molar-refractivity contribution is 5.99. The summed E-state index contributed by atoms with van der Waals surface area (Å²) in [6, 6.07) is 15.4. The van der Waals surface area contributed by atoms with Crippen molar-refractivity contribution in [1.29, 1.82) is 0 Å². The summed E-state index contributed by atoms with van der Waals surface area (Å²) in [4.78, 5) is 25.9. The molecule has 5 heteroatoms. The summed E-state index contributed by atoms with van der Waals surface area (Å²) >= 11 is 0. The van der Waals surface area contributed by atoms with Crippen LogP contribution in [0.1, 0.15) is 25.3 Å². The van der Waals surface area contributed by atoms with Gasteiger partial charge in [-0.1, -0.05) is 31.2 Å². The smallest absolute Gasteiger partial charge is 0.243 e. The lowest BCUT2D eigenvalue weighted by molar-refractivity contribution is -0.117. The summed E-state index contributed by atoms with van der Waals surface area (Å²) < 4.78 is 0. The number of nitrogens with one attached hydrogen (secondary N) is 2. The number of benzene rings is 2. The molecule has 1 heterocycles. The fraction of sp³-hybridized carbons (Fsp3) is 0.300. The van der Waals surface area contributed by atoms with Crippen LogP contribution < -0.4 is 15.5 Å². The van der Waals surface area contributed by atoms with Gasteiger partial charge in [0.25, 0.3) is 0 Å². The molecule has 0 aliphatic carbocycles. The Bertz CT molecular complexity index is 756. The first-order valence-electron chi connectivity index (χ1n) is 8.69. The molecule has 0 unspecified atom stereocenters. The Hall–Kier alpha value is -2.82. The third kappa shape index (κ3) is 4.18. The van der Waals surface area contributed by atoms with Gasteiger partial charge in [-0.15, -0.1) is 0 Å². The minimum absolute atomic E-state index is 0.119. The Morgan fingerprint density at radius 3 is 2.56 bits per heavy atom. The van der Waals surface area contributed by atoms with E-state index in [1.54, 1.807) is 4.90 Å². The quantitative estimate of drug-likeness (QED) is 0.849. The number of anilines is 3. The van der Waals surface area contributed by atoms with Crippen molar-refractivity contribution in [3.63, 3.8) is 0 Å². The normalized spacial score (nSPS) is 13.8. The second kappa shape index (κ2) is 7.83. The van der Waals surface area contributed by atoms with Crippen molar-refractivity contribution in [3.05, 3.63) is 54.1 Å². The van der Waals surface area contributed by atoms with Crippen LogP contribution in [0.25, 0.3) is 0 Å². The Morgan fingerprint density at radius 2 is 1.88 bits per heavy atom. The fourth-order valence-corrected chi connectivity index (χ4v) is 2.97. The van der Waals surface area contributed by atoms with Gasteiger partial charge < -0.3 is 15.5 Å². The molecule has 0 radical (unpaired) electrons. The predicted octanol–water partition coefficient (Wildman–Crippen LogP) is 3.43. The van der Waals surface area contributed by atoms with Crippen LogP contribution in [-0.2, 0) is 16.0 Å². The summed E-state index contributed by atoms with van der Waals surface area (Å²) in [6.45, 7) is 2.97. The number of nitrogens with zero attached hydrogens (tertiary/aromatic N) is 1. The van der Waals surface area contributed by atoms with E-state index >= 15 is 0 Å². The van der Waals surface area contributed by atoms with Crippen molar-refractivity contribution in [2.75, 3.05) is 28.6 Å². The van der Waals surface area contributed by atoms with Crippen LogP contribution >= 0.6 is 0 Å². The average molecular weight is 337 g/mol. The van der Waals surface area contributed by atoms with Crippen LogP contribution in [0.4, 0.5) is 17.1 Å². The topological polar surface area (TPSA) is 61.4 Å². The molecule has 25 heavy (non-hydrogen) atoms. The Balaban J connectivity index is 1.61. The van der Waals surface area contributed by atoms with E-state index in [0.717, 1.165) is 36.4 Å². The molecule has 0 atom stereocenters. The number of carbonyl (C=O) groups excluding carboxylic acids is 2. The number of rotatable bonds is 6. The number of hydrogen-bond acceptors (Lipinski definition) is 3. The van der Waals surface area contributed by atoms with E-state index in [0.29, 0.717) is 6.42 Å². The van der Waals surface area contributed by atoms with Gasteiger partial charge in [-0.3, -0.25) is 9.59 Å². The first-order chi connectivity index (χ1) is 12.2. The maximum absolute atomic E-state index is 12.2. The largest absolute Gasteiger partial charge is 0.374 e. The molecule has 2 aromatic rings. The number of carbonyl (C=O) groups is 2. The molecule has 5 nitrogen and oxygen atoms in total. The van der Waals surface area contributed by atoms with Gasteiger partial charge >= 0.3 is 0 Å². The fourth-order valence-electron chi connectivity index (χ4n) is 2.97. The van der Waals surface area contributed by atoms with Crippen molar-refractivity contribution in [3.8, 4) is 0 Å². The lowest BCUT2D eigenvalue weighted by Crippen LogP contribution is -2.26. The van der Waals surface area contributed by atoms with Crippen molar-refractivity contribution in [1.82, 2.24) is 0 Å². The van der Waals surface area contributed by atoms with Crippen LogP contribution in [0.2, 0.25) is 0 Å². The summed E-state index contributed by atoms with van der Waals surface area (Å²) in [5, 5.41) is 6.03. The van der Waals surface area contributed by atoms with Crippen LogP contribution in [-0.4, -0.2) is 24.9 Å². The molecule has 2 N–H and O–H groups in total. The highest BCUT2D eigenvalue weighted by Crippen LogP contribution is 2.29. The molecule has 2 aromatic carbocycles. The first-order valence-corrected chi connectivity index (χ1v) is 8.69. The van der Waals surface area contributed by atoms with Gasteiger partial charge in [0, 0.05) is 18.7 Å². The maximum atomic E-state index is 12.2. The zero-order valence-corrected chi connectivity index (χ0v) is 14.4. The molecular weight excluding hydrogens is 314 g/mol. The van der Waals surface area contributed by atoms with E-state index in [2.05, 4.69) is 17.6 Å². The minimum Gasteiger partial charge on any atom is -0.374 e. The summed E-state index contributed by atoms with van der Waals surface area (Å²) in [7, 11) is 0. The molecule has 3 rings (SSSR count). The Labute approximate surface area is 148 Å². The second-order valence-electron chi connectivity index (χ2n) is 6.12. The highest BCUT2D eigenvalue weighted by atomic mass is 16.2. The maximum Gasteiger partial charge on any atom is 0.243 e. The van der Waals surface area contributed by atoms with Gasteiger partial charge in [0.1, 0.15) is 0 Å². The van der Waals surface area contributed by atoms with Gasteiger partial charge in [0.05, 0.1) is 17.9 Å². The molecule has 1 fully saturated rings. The van der Waals surface area contributed by atoms with Crippen molar-refractivity contribution >= 4 is 28.9 Å². The third-order valence-corrected chi connectivity index (χ3v) is 4.35. The molecule has 0 saturated carbocycles. The van der Waals surface area contributed by atoms with Gasteiger partial charge in [-0.25, -0.2) is 0 Å². The van der Waals surface area contributed by atoms with E-state index in [9.17, 15) is 9.59 Å². The molecule has 130 valence electrons. The minimum atomic E-state index is -0.119. The molecule has 1 saturated heterocycles. The van der Waals surface area contributed by atoms with Crippen molar-refractivity contribution in [2.24, 2.45) is 0 Å². The monoisotopic (exact) mass is 337 g/mol. The molecule has 1 aliphatic heterocycles. The lowest BCUT2D eigenvalue weighted by Gasteiger charge is -2.20.